The molecular formula is C25H23Cl2NO5. The maximum atomic E-state index is 13.2. The zero-order chi connectivity index (χ0) is 23.3. The molecular weight excluding hydrogens is 465 g/mol. The highest BCUT2D eigenvalue weighted by Crippen LogP contribution is 2.42. The summed E-state index contributed by atoms with van der Waals surface area (Å²) in [6, 6.07) is 9.48. The number of rotatable bonds is 4. The Kier molecular flexibility index (Phi) is 5.85. The smallest absolute Gasteiger partial charge is 0.295 e. The van der Waals surface area contributed by atoms with Gasteiger partial charge in [-0.15, -0.1) is 0 Å². The van der Waals surface area contributed by atoms with Gasteiger partial charge in [-0.25, -0.2) is 0 Å². The third-order valence-corrected chi connectivity index (χ3v) is 7.13. The first-order valence-electron chi connectivity index (χ1n) is 11.0. The van der Waals surface area contributed by atoms with Crippen LogP contribution in [0.25, 0.3) is 5.76 Å². The number of ether oxygens (including phenoxy) is 2. The highest BCUT2D eigenvalue weighted by atomic mass is 35.5. The van der Waals surface area contributed by atoms with E-state index in [2.05, 4.69) is 0 Å². The minimum Gasteiger partial charge on any atom is -0.507 e. The van der Waals surface area contributed by atoms with Crippen molar-refractivity contribution in [3.63, 3.8) is 0 Å². The first-order chi connectivity index (χ1) is 15.8. The van der Waals surface area contributed by atoms with Crippen LogP contribution < -0.4 is 4.74 Å². The summed E-state index contributed by atoms with van der Waals surface area (Å²) in [6.45, 7) is 2.85. The van der Waals surface area contributed by atoms with E-state index in [9.17, 15) is 14.7 Å². The summed E-state index contributed by atoms with van der Waals surface area (Å²) >= 11 is 12.4. The number of aliphatic hydroxyl groups excluding tert-OH is 1. The number of halogens is 2. The monoisotopic (exact) mass is 487 g/mol. The van der Waals surface area contributed by atoms with Gasteiger partial charge in [0.25, 0.3) is 11.7 Å². The molecule has 0 bridgehead atoms. The molecule has 1 amide bonds. The van der Waals surface area contributed by atoms with Crippen LogP contribution in [-0.4, -0.2) is 47.1 Å². The molecule has 8 heteroatoms. The van der Waals surface area contributed by atoms with Crippen LogP contribution in [0.15, 0.2) is 42.0 Å². The molecule has 0 radical (unpaired) electrons. The van der Waals surface area contributed by atoms with Gasteiger partial charge < -0.3 is 19.5 Å². The van der Waals surface area contributed by atoms with Crippen molar-refractivity contribution in [2.45, 2.75) is 44.4 Å². The van der Waals surface area contributed by atoms with Gasteiger partial charge in [0.2, 0.25) is 0 Å². The number of aliphatic hydroxyl groups is 1. The Morgan fingerprint density at radius 3 is 2.70 bits per heavy atom. The SMILES string of the molecule is CC1Cc2cc(/C(O)=C3\C(=O)C(=O)N(CC4CCCO4)C3c3ccc(Cl)c(Cl)c3)ccc2O1. The molecule has 2 fully saturated rings. The van der Waals surface area contributed by atoms with Gasteiger partial charge in [0.1, 0.15) is 17.6 Å². The maximum absolute atomic E-state index is 13.2. The molecule has 3 atom stereocenters. The highest BCUT2D eigenvalue weighted by molar-refractivity contribution is 6.47. The van der Waals surface area contributed by atoms with Crippen LogP contribution in [0.5, 0.6) is 5.75 Å². The number of nitrogens with zero attached hydrogens (tertiary/aromatic N) is 1. The van der Waals surface area contributed by atoms with Crippen LogP contribution >= 0.6 is 23.2 Å². The van der Waals surface area contributed by atoms with Gasteiger partial charge in [-0.2, -0.15) is 0 Å². The summed E-state index contributed by atoms with van der Waals surface area (Å²) in [6.07, 6.45) is 2.31. The van der Waals surface area contributed by atoms with Crippen LogP contribution in [0, 0.1) is 0 Å². The molecule has 33 heavy (non-hydrogen) atoms. The number of benzene rings is 2. The Morgan fingerprint density at radius 2 is 1.97 bits per heavy atom. The van der Waals surface area contributed by atoms with Crippen LogP contribution in [-0.2, 0) is 20.7 Å². The fourth-order valence-electron chi connectivity index (χ4n) is 4.83. The van der Waals surface area contributed by atoms with E-state index in [0.29, 0.717) is 34.2 Å². The van der Waals surface area contributed by atoms with Gasteiger partial charge in [0.05, 0.1) is 27.8 Å². The van der Waals surface area contributed by atoms with Gasteiger partial charge >= 0.3 is 0 Å². The lowest BCUT2D eigenvalue weighted by Crippen LogP contribution is -2.36. The summed E-state index contributed by atoms with van der Waals surface area (Å²) < 4.78 is 11.5. The van der Waals surface area contributed by atoms with Gasteiger partial charge in [-0.05, 0) is 61.2 Å². The second-order valence-corrected chi connectivity index (χ2v) is 9.53. The molecule has 3 aliphatic rings. The number of ketones is 1. The lowest BCUT2D eigenvalue weighted by molar-refractivity contribution is -0.140. The van der Waals surface area contributed by atoms with Crippen molar-refractivity contribution < 1.29 is 24.2 Å². The molecule has 3 unspecified atom stereocenters. The van der Waals surface area contributed by atoms with E-state index < -0.39 is 17.7 Å². The fourth-order valence-corrected chi connectivity index (χ4v) is 5.14. The highest BCUT2D eigenvalue weighted by Gasteiger charge is 2.47. The largest absolute Gasteiger partial charge is 0.507 e. The van der Waals surface area contributed by atoms with Gasteiger partial charge in [-0.1, -0.05) is 29.3 Å². The third kappa shape index (κ3) is 4.01. The first kappa shape index (κ1) is 22.3. The van der Waals surface area contributed by atoms with E-state index in [4.69, 9.17) is 32.7 Å². The summed E-state index contributed by atoms with van der Waals surface area (Å²) in [7, 11) is 0. The molecule has 0 aromatic heterocycles. The molecule has 2 aromatic carbocycles. The van der Waals surface area contributed by atoms with Gasteiger partial charge in [-0.3, -0.25) is 9.59 Å². The molecule has 3 aliphatic heterocycles. The van der Waals surface area contributed by atoms with Crippen molar-refractivity contribution in [2.75, 3.05) is 13.2 Å². The molecule has 5 rings (SSSR count). The Balaban J connectivity index is 1.61. The van der Waals surface area contributed by atoms with Crippen molar-refractivity contribution in [1.29, 1.82) is 0 Å². The first-order valence-corrected chi connectivity index (χ1v) is 11.7. The minimum atomic E-state index is -0.799. The summed E-state index contributed by atoms with van der Waals surface area (Å²) in [5, 5.41) is 12.0. The molecule has 2 aromatic rings. The number of hydrogen-bond acceptors (Lipinski definition) is 5. The molecule has 1 N–H and O–H groups in total. The average Bonchev–Trinajstić information content (AvgIpc) is 3.49. The van der Waals surface area contributed by atoms with E-state index in [0.717, 1.165) is 24.2 Å². The number of carbonyl (C=O) groups is 2. The average molecular weight is 488 g/mol. The number of Topliss-reactive ketones (excluding diaryl/α,β-unsaturated/α-hetero) is 1. The lowest BCUT2D eigenvalue weighted by atomic mass is 9.94. The van der Waals surface area contributed by atoms with Crippen molar-refractivity contribution >= 4 is 40.7 Å². The zero-order valence-corrected chi connectivity index (χ0v) is 19.5. The Labute approximate surface area is 201 Å². The number of hydrogen-bond donors (Lipinski definition) is 1. The minimum absolute atomic E-state index is 0.0308. The van der Waals surface area contributed by atoms with Crippen molar-refractivity contribution in [1.82, 2.24) is 4.90 Å². The maximum Gasteiger partial charge on any atom is 0.295 e. The molecule has 6 nitrogen and oxygen atoms in total. The van der Waals surface area contributed by atoms with Gasteiger partial charge in [0, 0.05) is 25.1 Å². The van der Waals surface area contributed by atoms with Crippen molar-refractivity contribution in [3.8, 4) is 5.75 Å². The second-order valence-electron chi connectivity index (χ2n) is 8.72. The van der Waals surface area contributed by atoms with Crippen molar-refractivity contribution in [2.24, 2.45) is 0 Å². The van der Waals surface area contributed by atoms with Crippen molar-refractivity contribution in [3.05, 3.63) is 68.7 Å². The predicted molar refractivity (Wildman–Crippen MR) is 125 cm³/mol. The topological polar surface area (TPSA) is 76.1 Å². The quantitative estimate of drug-likeness (QED) is 0.376. The Morgan fingerprint density at radius 1 is 1.15 bits per heavy atom. The van der Waals surface area contributed by atoms with E-state index in [-0.39, 0.29) is 30.1 Å². The van der Waals surface area contributed by atoms with Crippen LogP contribution in [0.4, 0.5) is 0 Å². The molecule has 2 saturated heterocycles. The van der Waals surface area contributed by atoms with Crippen LogP contribution in [0.2, 0.25) is 10.0 Å². The number of likely N-dealkylation sites (tertiary alicyclic amines) is 1. The summed E-state index contributed by atoms with van der Waals surface area (Å²) in [5.41, 5.74) is 2.04. The second kappa shape index (κ2) is 8.67. The normalized spacial score (nSPS) is 26.0. The van der Waals surface area contributed by atoms with E-state index in [1.54, 1.807) is 30.3 Å². The zero-order valence-electron chi connectivity index (χ0n) is 18.0. The lowest BCUT2D eigenvalue weighted by Gasteiger charge is -2.27. The number of carbonyl (C=O) groups excluding carboxylic acids is 2. The molecule has 0 spiro atoms. The predicted octanol–water partition coefficient (Wildman–Crippen LogP) is 4.92. The van der Waals surface area contributed by atoms with Gasteiger partial charge in [0.15, 0.2) is 0 Å². The van der Waals surface area contributed by atoms with Crippen LogP contribution in [0.3, 0.4) is 0 Å². The van der Waals surface area contributed by atoms with Crippen LogP contribution in [0.1, 0.15) is 42.5 Å². The molecule has 0 aliphatic carbocycles. The summed E-state index contributed by atoms with van der Waals surface area (Å²) in [5.74, 6) is -0.853. The number of fused-ring (bicyclic) bond motifs is 1. The fraction of sp³-hybridized carbons (Fsp3) is 0.360. The molecule has 3 heterocycles. The van der Waals surface area contributed by atoms with E-state index in [1.807, 2.05) is 13.0 Å². The van der Waals surface area contributed by atoms with E-state index >= 15 is 0 Å². The number of amides is 1. The molecule has 172 valence electrons. The Bertz CT molecular complexity index is 1170. The summed E-state index contributed by atoms with van der Waals surface area (Å²) in [4.78, 5) is 27.8. The Hall–Kier alpha value is -2.54. The standard InChI is InChI=1S/C25H23Cl2NO5/c1-13-9-16-10-15(5-7-20(16)33-13)23(29)21-22(14-4-6-18(26)19(27)11-14)28(25(31)24(21)30)12-17-3-2-8-32-17/h4-7,10-11,13,17,22,29H,2-3,8-9,12H2,1H3/b23-21+. The molecule has 0 saturated carbocycles. The third-order valence-electron chi connectivity index (χ3n) is 6.39. The van der Waals surface area contributed by atoms with E-state index in [1.165, 1.54) is 4.90 Å².